The minimum Gasteiger partial charge on any atom is -0.463 e. The largest absolute Gasteiger partial charge is 0.463 e. The molecule has 1 aliphatic heterocycles. The second-order valence-corrected chi connectivity index (χ2v) is 8.00. The lowest BCUT2D eigenvalue weighted by Crippen LogP contribution is -2.39. The maximum Gasteiger partial charge on any atom is 0.320 e. The van der Waals surface area contributed by atoms with Crippen LogP contribution in [-0.4, -0.2) is 70.4 Å². The van der Waals surface area contributed by atoms with Crippen molar-refractivity contribution in [2.45, 2.75) is 32.9 Å². The molecular formula is C23H33N7O2. The van der Waals surface area contributed by atoms with Crippen LogP contribution in [-0.2, 0) is 17.8 Å². The van der Waals surface area contributed by atoms with Gasteiger partial charge in [0.25, 0.3) is 0 Å². The number of nitrogens with one attached hydrogen (secondary N) is 1. The summed E-state index contributed by atoms with van der Waals surface area (Å²) >= 11 is 0. The molecule has 9 heteroatoms. The average Bonchev–Trinajstić information content (AvgIpc) is 3.23. The maximum absolute atomic E-state index is 5.85. The van der Waals surface area contributed by atoms with E-state index >= 15 is 0 Å². The van der Waals surface area contributed by atoms with Crippen molar-refractivity contribution >= 4 is 17.0 Å². The van der Waals surface area contributed by atoms with Gasteiger partial charge in [0.2, 0.25) is 0 Å². The number of aromatic nitrogens is 4. The molecule has 4 rings (SSSR count). The predicted octanol–water partition coefficient (Wildman–Crippen LogP) is 2.26. The number of nitrogens with two attached hydrogens (primary N) is 1. The Morgan fingerprint density at radius 3 is 2.66 bits per heavy atom. The van der Waals surface area contributed by atoms with E-state index in [-0.39, 0.29) is 0 Å². The van der Waals surface area contributed by atoms with E-state index < -0.39 is 0 Å². The normalized spacial score (nSPS) is 14.7. The van der Waals surface area contributed by atoms with Gasteiger partial charge in [0.1, 0.15) is 0 Å². The first-order valence-electron chi connectivity index (χ1n) is 11.4. The summed E-state index contributed by atoms with van der Waals surface area (Å²) in [6.45, 7) is 9.16. The van der Waals surface area contributed by atoms with Crippen LogP contribution in [0.5, 0.6) is 6.01 Å². The Labute approximate surface area is 188 Å². The Bertz CT molecular complexity index is 984. The fourth-order valence-corrected chi connectivity index (χ4v) is 3.67. The molecule has 0 unspecified atom stereocenters. The van der Waals surface area contributed by atoms with Crippen LogP contribution >= 0.6 is 0 Å². The standard InChI is InChI=1S/C23H33N7O2/c1-2-3-12-32-23-27-21(25-8-9-29-10-13-31-14-11-29)20-22(28-23)30(17-26-20)16-19-6-4-18(15-24)5-7-19/h4-7,17H,2-3,8-16,24H2,1H3,(H,25,27,28). The van der Waals surface area contributed by atoms with Crippen LogP contribution in [0.3, 0.4) is 0 Å². The topological polar surface area (TPSA) is 103 Å². The van der Waals surface area contributed by atoms with Crippen molar-refractivity contribution < 1.29 is 9.47 Å². The number of hydrogen-bond donors (Lipinski definition) is 2. The van der Waals surface area contributed by atoms with Gasteiger partial charge in [-0.05, 0) is 17.5 Å². The minimum atomic E-state index is 0.389. The molecule has 0 radical (unpaired) electrons. The molecule has 32 heavy (non-hydrogen) atoms. The van der Waals surface area contributed by atoms with Gasteiger partial charge in [-0.25, -0.2) is 4.98 Å². The van der Waals surface area contributed by atoms with Gasteiger partial charge in [0.15, 0.2) is 17.0 Å². The zero-order chi connectivity index (χ0) is 22.2. The third-order valence-electron chi connectivity index (χ3n) is 5.61. The van der Waals surface area contributed by atoms with E-state index in [0.29, 0.717) is 31.5 Å². The number of hydrogen-bond acceptors (Lipinski definition) is 8. The van der Waals surface area contributed by atoms with Gasteiger partial charge in [-0.15, -0.1) is 0 Å². The van der Waals surface area contributed by atoms with Crippen LogP contribution < -0.4 is 15.8 Å². The van der Waals surface area contributed by atoms with E-state index in [4.69, 9.17) is 15.2 Å². The fourth-order valence-electron chi connectivity index (χ4n) is 3.67. The average molecular weight is 440 g/mol. The summed E-state index contributed by atoms with van der Waals surface area (Å²) in [5, 5.41) is 3.45. The first kappa shape index (κ1) is 22.4. The lowest BCUT2D eigenvalue weighted by atomic mass is 10.1. The van der Waals surface area contributed by atoms with Gasteiger partial charge >= 0.3 is 6.01 Å². The van der Waals surface area contributed by atoms with E-state index in [1.807, 2.05) is 10.9 Å². The zero-order valence-electron chi connectivity index (χ0n) is 18.8. The van der Waals surface area contributed by atoms with E-state index in [0.717, 1.165) is 74.5 Å². The predicted molar refractivity (Wildman–Crippen MR) is 125 cm³/mol. The van der Waals surface area contributed by atoms with Crippen molar-refractivity contribution in [2.75, 3.05) is 51.3 Å². The molecule has 9 nitrogen and oxygen atoms in total. The van der Waals surface area contributed by atoms with Gasteiger partial charge < -0.3 is 25.1 Å². The second-order valence-electron chi connectivity index (χ2n) is 8.00. The van der Waals surface area contributed by atoms with Crippen LogP contribution in [0, 0.1) is 0 Å². The number of imidazole rings is 1. The molecule has 0 atom stereocenters. The Balaban J connectivity index is 1.53. The first-order chi connectivity index (χ1) is 15.8. The molecule has 1 saturated heterocycles. The molecule has 172 valence electrons. The van der Waals surface area contributed by atoms with Crippen LogP contribution in [0.15, 0.2) is 30.6 Å². The van der Waals surface area contributed by atoms with Gasteiger partial charge in [0, 0.05) is 32.7 Å². The number of rotatable bonds is 11. The van der Waals surface area contributed by atoms with Crippen molar-refractivity contribution in [2.24, 2.45) is 5.73 Å². The van der Waals surface area contributed by atoms with E-state index in [1.54, 1.807) is 0 Å². The number of fused-ring (bicyclic) bond motifs is 1. The van der Waals surface area contributed by atoms with Crippen LogP contribution in [0.1, 0.15) is 30.9 Å². The smallest absolute Gasteiger partial charge is 0.320 e. The molecule has 2 aromatic heterocycles. The van der Waals surface area contributed by atoms with Crippen molar-refractivity contribution in [1.29, 1.82) is 0 Å². The molecule has 1 aliphatic rings. The third kappa shape index (κ3) is 5.73. The molecule has 0 spiro atoms. The quantitative estimate of drug-likeness (QED) is 0.439. The van der Waals surface area contributed by atoms with Gasteiger partial charge in [-0.3, -0.25) is 4.90 Å². The number of benzene rings is 1. The van der Waals surface area contributed by atoms with Crippen LogP contribution in [0.2, 0.25) is 0 Å². The molecule has 1 fully saturated rings. The Morgan fingerprint density at radius 2 is 1.91 bits per heavy atom. The molecule has 0 aliphatic carbocycles. The van der Waals surface area contributed by atoms with E-state index in [2.05, 4.69) is 56.4 Å². The minimum absolute atomic E-state index is 0.389. The molecule has 0 bridgehead atoms. The molecule has 0 saturated carbocycles. The molecule has 1 aromatic carbocycles. The summed E-state index contributed by atoms with van der Waals surface area (Å²) in [5.41, 5.74) is 9.52. The van der Waals surface area contributed by atoms with Crippen molar-refractivity contribution in [1.82, 2.24) is 24.4 Å². The second kappa shape index (κ2) is 11.2. The highest BCUT2D eigenvalue weighted by molar-refractivity contribution is 5.83. The molecular weight excluding hydrogens is 406 g/mol. The van der Waals surface area contributed by atoms with Gasteiger partial charge in [-0.1, -0.05) is 37.6 Å². The Kier molecular flexibility index (Phi) is 7.87. The summed E-state index contributed by atoms with van der Waals surface area (Å²) < 4.78 is 13.3. The molecule has 3 N–H and O–H groups in total. The third-order valence-corrected chi connectivity index (χ3v) is 5.61. The van der Waals surface area contributed by atoms with Gasteiger partial charge in [0.05, 0.1) is 32.7 Å². The van der Waals surface area contributed by atoms with Crippen molar-refractivity contribution in [3.8, 4) is 6.01 Å². The lowest BCUT2D eigenvalue weighted by molar-refractivity contribution is 0.0398. The summed E-state index contributed by atoms with van der Waals surface area (Å²) in [6, 6.07) is 8.69. The fraction of sp³-hybridized carbons (Fsp3) is 0.522. The van der Waals surface area contributed by atoms with Gasteiger partial charge in [-0.2, -0.15) is 9.97 Å². The summed E-state index contributed by atoms with van der Waals surface area (Å²) in [5.74, 6) is 0.715. The molecule has 3 heterocycles. The Morgan fingerprint density at radius 1 is 1.12 bits per heavy atom. The van der Waals surface area contributed by atoms with E-state index in [1.165, 1.54) is 0 Å². The summed E-state index contributed by atoms with van der Waals surface area (Å²) in [7, 11) is 0. The Hall–Kier alpha value is -2.75. The van der Waals surface area contributed by atoms with Crippen molar-refractivity contribution in [3.63, 3.8) is 0 Å². The van der Waals surface area contributed by atoms with Crippen molar-refractivity contribution in [3.05, 3.63) is 41.7 Å². The molecule has 0 amide bonds. The monoisotopic (exact) mass is 439 g/mol. The lowest BCUT2D eigenvalue weighted by Gasteiger charge is -2.26. The molecule has 3 aromatic rings. The number of unbranched alkanes of at least 4 members (excludes halogenated alkanes) is 1. The number of nitrogens with zero attached hydrogens (tertiary/aromatic N) is 5. The van der Waals surface area contributed by atoms with Crippen LogP contribution in [0.25, 0.3) is 11.2 Å². The SMILES string of the molecule is CCCCOc1nc(NCCN2CCOCC2)c2ncn(Cc3ccc(CN)cc3)c2n1. The highest BCUT2D eigenvalue weighted by Gasteiger charge is 2.16. The zero-order valence-corrected chi connectivity index (χ0v) is 18.8. The highest BCUT2D eigenvalue weighted by atomic mass is 16.5. The summed E-state index contributed by atoms with van der Waals surface area (Å²) in [6.07, 6.45) is 3.84. The highest BCUT2D eigenvalue weighted by Crippen LogP contribution is 2.23. The summed E-state index contributed by atoms with van der Waals surface area (Å²) in [4.78, 5) is 16.3. The number of ether oxygens (including phenoxy) is 2. The first-order valence-corrected chi connectivity index (χ1v) is 11.4. The number of morpholine rings is 1. The van der Waals surface area contributed by atoms with E-state index in [9.17, 15) is 0 Å². The number of anilines is 1. The van der Waals surface area contributed by atoms with Crippen LogP contribution in [0.4, 0.5) is 5.82 Å². The maximum atomic E-state index is 5.85.